The van der Waals surface area contributed by atoms with Gasteiger partial charge in [0.2, 0.25) is 0 Å². The van der Waals surface area contributed by atoms with Crippen molar-refractivity contribution in [2.24, 2.45) is 5.73 Å². The molecule has 0 aliphatic heterocycles. The zero-order valence-corrected chi connectivity index (χ0v) is 10.8. The van der Waals surface area contributed by atoms with Crippen molar-refractivity contribution in [3.63, 3.8) is 0 Å². The Morgan fingerprint density at radius 1 is 1.44 bits per heavy atom. The highest BCUT2D eigenvalue weighted by Gasteiger charge is 2.37. The summed E-state index contributed by atoms with van der Waals surface area (Å²) in [6.45, 7) is 0. The smallest absolute Gasteiger partial charge is 0.119 e. The Morgan fingerprint density at radius 3 is 2.75 bits per heavy atom. The van der Waals surface area contributed by atoms with Crippen LogP contribution in [0.25, 0.3) is 0 Å². The van der Waals surface area contributed by atoms with Crippen molar-refractivity contribution in [3.05, 3.63) is 23.8 Å². The summed E-state index contributed by atoms with van der Waals surface area (Å²) in [5.41, 5.74) is 7.65. The Labute approximate surface area is 102 Å². The normalized spacial score (nSPS) is 17.2. The van der Waals surface area contributed by atoms with Crippen LogP contribution < -0.4 is 10.5 Å². The molecule has 0 bridgehead atoms. The summed E-state index contributed by atoms with van der Waals surface area (Å²) in [6, 6.07) is 6.30. The number of ether oxygens (including phenoxy) is 1. The van der Waals surface area contributed by atoms with Gasteiger partial charge in [0.1, 0.15) is 5.75 Å². The van der Waals surface area contributed by atoms with Gasteiger partial charge in [0.05, 0.1) is 7.11 Å². The zero-order valence-electron chi connectivity index (χ0n) is 9.95. The van der Waals surface area contributed by atoms with Gasteiger partial charge in [-0.2, -0.15) is 0 Å². The maximum atomic E-state index is 6.11. The number of nitrogens with two attached hydrogens (primary N) is 1. The van der Waals surface area contributed by atoms with Crippen molar-refractivity contribution in [1.29, 1.82) is 0 Å². The predicted molar refractivity (Wildman–Crippen MR) is 69.2 cm³/mol. The van der Waals surface area contributed by atoms with E-state index in [4.69, 9.17) is 10.5 Å². The fourth-order valence-corrected chi connectivity index (χ4v) is 2.52. The molecule has 0 saturated heterocycles. The lowest BCUT2D eigenvalue weighted by atomic mass is 10.0. The Bertz CT molecular complexity index is 374. The van der Waals surface area contributed by atoms with E-state index < -0.39 is 0 Å². The summed E-state index contributed by atoms with van der Waals surface area (Å²) in [4.78, 5) is 1.31. The van der Waals surface area contributed by atoms with Crippen LogP contribution in [0.5, 0.6) is 5.75 Å². The summed E-state index contributed by atoms with van der Waals surface area (Å²) in [6.07, 6.45) is 6.67. The minimum absolute atomic E-state index is 0.148. The minimum atomic E-state index is 0.148. The fourth-order valence-electron chi connectivity index (χ4n) is 1.85. The molecule has 2 rings (SSSR count). The molecule has 0 amide bonds. The van der Waals surface area contributed by atoms with Crippen LogP contribution in [0.1, 0.15) is 24.8 Å². The van der Waals surface area contributed by atoms with Gasteiger partial charge in [-0.15, -0.1) is 11.8 Å². The van der Waals surface area contributed by atoms with Gasteiger partial charge in [-0.05, 0) is 49.6 Å². The second-order valence-corrected chi connectivity index (χ2v) is 5.39. The molecule has 0 heterocycles. The van der Waals surface area contributed by atoms with Crippen LogP contribution in [-0.4, -0.2) is 18.9 Å². The standard InChI is InChI=1S/C13H19NOS/c1-15-11-4-3-10(12(9-11)16-2)5-6-13(14)7-8-13/h3-4,9H,5-8,14H2,1-2H3. The van der Waals surface area contributed by atoms with Crippen LogP contribution in [0.4, 0.5) is 0 Å². The van der Waals surface area contributed by atoms with Crippen molar-refractivity contribution in [3.8, 4) is 5.75 Å². The highest BCUT2D eigenvalue weighted by Crippen LogP contribution is 2.37. The first-order valence-electron chi connectivity index (χ1n) is 5.67. The lowest BCUT2D eigenvalue weighted by Crippen LogP contribution is -2.22. The Kier molecular flexibility index (Phi) is 3.45. The number of rotatable bonds is 5. The molecule has 0 spiro atoms. The van der Waals surface area contributed by atoms with Gasteiger partial charge in [0.15, 0.2) is 0 Å². The van der Waals surface area contributed by atoms with Crippen LogP contribution in [0.15, 0.2) is 23.1 Å². The molecule has 16 heavy (non-hydrogen) atoms. The van der Waals surface area contributed by atoms with Gasteiger partial charge in [-0.25, -0.2) is 0 Å². The SMILES string of the molecule is COc1ccc(CCC2(N)CC2)c(SC)c1. The fraction of sp³-hybridized carbons (Fsp3) is 0.538. The maximum Gasteiger partial charge on any atom is 0.119 e. The van der Waals surface area contributed by atoms with Gasteiger partial charge in [0.25, 0.3) is 0 Å². The third-order valence-corrected chi connectivity index (χ3v) is 4.10. The van der Waals surface area contributed by atoms with Crippen LogP contribution in [0, 0.1) is 0 Å². The first-order valence-corrected chi connectivity index (χ1v) is 6.89. The molecule has 1 saturated carbocycles. The molecule has 3 heteroatoms. The average Bonchev–Trinajstić information content (AvgIpc) is 3.05. The molecule has 1 aliphatic carbocycles. The Hall–Kier alpha value is -0.670. The van der Waals surface area contributed by atoms with Crippen molar-refractivity contribution in [2.45, 2.75) is 36.1 Å². The molecule has 0 aromatic heterocycles. The van der Waals surface area contributed by atoms with Gasteiger partial charge in [0, 0.05) is 10.4 Å². The van der Waals surface area contributed by atoms with E-state index in [2.05, 4.69) is 18.4 Å². The average molecular weight is 237 g/mol. The highest BCUT2D eigenvalue weighted by molar-refractivity contribution is 7.98. The van der Waals surface area contributed by atoms with Gasteiger partial charge in [-0.1, -0.05) is 6.07 Å². The monoisotopic (exact) mass is 237 g/mol. The summed E-state index contributed by atoms with van der Waals surface area (Å²) in [5.74, 6) is 0.932. The topological polar surface area (TPSA) is 35.2 Å². The first-order chi connectivity index (χ1) is 7.67. The molecule has 0 radical (unpaired) electrons. The van der Waals surface area contributed by atoms with Crippen molar-refractivity contribution in [1.82, 2.24) is 0 Å². The molecule has 2 N–H and O–H groups in total. The number of benzene rings is 1. The lowest BCUT2D eigenvalue weighted by molar-refractivity contribution is 0.413. The van der Waals surface area contributed by atoms with Crippen LogP contribution in [0.3, 0.4) is 0 Å². The second kappa shape index (κ2) is 4.68. The Balaban J connectivity index is 2.07. The van der Waals surface area contributed by atoms with E-state index in [-0.39, 0.29) is 5.54 Å². The molecule has 0 atom stereocenters. The molecule has 0 unspecified atom stereocenters. The number of thioether (sulfide) groups is 1. The minimum Gasteiger partial charge on any atom is -0.497 e. The molecular weight excluding hydrogens is 218 g/mol. The Morgan fingerprint density at radius 2 is 2.19 bits per heavy atom. The maximum absolute atomic E-state index is 6.11. The molecule has 1 aromatic carbocycles. The van der Waals surface area contributed by atoms with E-state index in [0.29, 0.717) is 0 Å². The third kappa shape index (κ3) is 2.71. The van der Waals surface area contributed by atoms with Crippen LogP contribution in [0.2, 0.25) is 0 Å². The van der Waals surface area contributed by atoms with Crippen LogP contribution in [-0.2, 0) is 6.42 Å². The third-order valence-electron chi connectivity index (χ3n) is 3.28. The summed E-state index contributed by atoms with van der Waals surface area (Å²) < 4.78 is 5.23. The lowest BCUT2D eigenvalue weighted by Gasteiger charge is -2.12. The number of aryl methyl sites for hydroxylation is 1. The largest absolute Gasteiger partial charge is 0.497 e. The molecular formula is C13H19NOS. The van der Waals surface area contributed by atoms with Crippen LogP contribution >= 0.6 is 11.8 Å². The first kappa shape index (κ1) is 11.8. The summed E-state index contributed by atoms with van der Waals surface area (Å²) in [7, 11) is 1.71. The van der Waals surface area contributed by atoms with E-state index in [9.17, 15) is 0 Å². The van der Waals surface area contributed by atoms with E-state index in [1.54, 1.807) is 18.9 Å². The molecule has 2 nitrogen and oxygen atoms in total. The van der Waals surface area contributed by atoms with Crippen molar-refractivity contribution in [2.75, 3.05) is 13.4 Å². The molecule has 1 fully saturated rings. The number of methoxy groups -OCH3 is 1. The highest BCUT2D eigenvalue weighted by atomic mass is 32.2. The quantitative estimate of drug-likeness (QED) is 0.800. The predicted octanol–water partition coefficient (Wildman–Crippen LogP) is 2.84. The number of hydrogen-bond donors (Lipinski definition) is 1. The van der Waals surface area contributed by atoms with Gasteiger partial charge < -0.3 is 10.5 Å². The second-order valence-electron chi connectivity index (χ2n) is 4.54. The van der Waals surface area contributed by atoms with Gasteiger partial charge in [-0.3, -0.25) is 0 Å². The summed E-state index contributed by atoms with van der Waals surface area (Å²) in [5, 5.41) is 0. The molecule has 88 valence electrons. The van der Waals surface area contributed by atoms with E-state index in [1.807, 2.05) is 6.07 Å². The van der Waals surface area contributed by atoms with Gasteiger partial charge >= 0.3 is 0 Å². The molecule has 1 aliphatic rings. The zero-order chi connectivity index (χ0) is 11.6. The van der Waals surface area contributed by atoms with E-state index in [0.717, 1.165) is 18.6 Å². The molecule has 1 aromatic rings. The summed E-state index contributed by atoms with van der Waals surface area (Å²) >= 11 is 1.78. The van der Waals surface area contributed by atoms with Crippen molar-refractivity contribution >= 4 is 11.8 Å². The van der Waals surface area contributed by atoms with E-state index >= 15 is 0 Å². The van der Waals surface area contributed by atoms with Crippen molar-refractivity contribution < 1.29 is 4.74 Å². The van der Waals surface area contributed by atoms with E-state index in [1.165, 1.54) is 23.3 Å². The number of hydrogen-bond acceptors (Lipinski definition) is 3.